The van der Waals surface area contributed by atoms with Crippen LogP contribution in [0.3, 0.4) is 0 Å². The Bertz CT molecular complexity index is 1610. The van der Waals surface area contributed by atoms with Crippen molar-refractivity contribution < 1.29 is 18.3 Å². The minimum atomic E-state index is -4.31. The first-order valence-electron chi connectivity index (χ1n) is 11.2. The number of aromatic hydroxyl groups is 1. The van der Waals surface area contributed by atoms with Crippen LogP contribution in [0.4, 0.5) is 5.69 Å². The number of nitrogens with zero attached hydrogens (tertiary/aromatic N) is 4. The van der Waals surface area contributed by atoms with Crippen LogP contribution >= 0.6 is 0 Å². The number of hydrogen-bond donors (Lipinski definition) is 2. The molecule has 1 amide bonds. The molecule has 190 valence electrons. The van der Waals surface area contributed by atoms with Gasteiger partial charge in [0.1, 0.15) is 18.0 Å². The lowest BCUT2D eigenvalue weighted by molar-refractivity contribution is -0.119. The molecule has 0 bridgehead atoms. The lowest BCUT2D eigenvalue weighted by Crippen LogP contribution is -2.42. The zero-order valence-electron chi connectivity index (χ0n) is 20.1. The van der Waals surface area contributed by atoms with Crippen molar-refractivity contribution in [2.45, 2.75) is 11.8 Å². The second kappa shape index (κ2) is 10.5. The first-order chi connectivity index (χ1) is 17.7. The maximum atomic E-state index is 13.7. The van der Waals surface area contributed by atoms with Gasteiger partial charge in [0.05, 0.1) is 22.5 Å². The van der Waals surface area contributed by atoms with E-state index in [2.05, 4.69) is 10.5 Å². The number of benzene rings is 3. The number of phenols is 1. The zero-order chi connectivity index (χ0) is 26.6. The number of hydrazone groups is 1. The summed E-state index contributed by atoms with van der Waals surface area (Å²) in [6, 6.07) is 22.7. The molecule has 37 heavy (non-hydrogen) atoms. The van der Waals surface area contributed by atoms with Crippen LogP contribution in [0.15, 0.2) is 99.7 Å². The molecular formula is C26H25N5O5S. The van der Waals surface area contributed by atoms with Gasteiger partial charge >= 0.3 is 0 Å². The van der Waals surface area contributed by atoms with Gasteiger partial charge < -0.3 is 5.11 Å². The Labute approximate surface area is 213 Å². The third-order valence-corrected chi connectivity index (χ3v) is 7.48. The van der Waals surface area contributed by atoms with Crippen molar-refractivity contribution in [2.24, 2.45) is 12.1 Å². The minimum Gasteiger partial charge on any atom is -0.507 e. The standard InChI is InChI=1S/C26H25N5O5S/c1-19-25(26(34)31(29(19)2)21-12-5-3-6-13-21)30(37(35,36)22-14-7-4-8-15-22)18-24(33)28-27-17-20-11-9-10-16-23(20)32/h3-17,32H,18H2,1-2H3,(H,28,33). The molecule has 2 N–H and O–H groups in total. The van der Waals surface area contributed by atoms with Gasteiger partial charge in [-0.2, -0.15) is 5.10 Å². The van der Waals surface area contributed by atoms with E-state index in [4.69, 9.17) is 0 Å². The topological polar surface area (TPSA) is 126 Å². The van der Waals surface area contributed by atoms with Crippen molar-refractivity contribution in [3.05, 3.63) is 107 Å². The van der Waals surface area contributed by atoms with Gasteiger partial charge in [0.25, 0.3) is 21.5 Å². The Hall–Kier alpha value is -4.64. The average Bonchev–Trinajstić information content (AvgIpc) is 3.12. The van der Waals surface area contributed by atoms with Crippen LogP contribution in [-0.4, -0.2) is 41.6 Å². The number of anilines is 1. The van der Waals surface area contributed by atoms with Crippen LogP contribution in [0.5, 0.6) is 5.75 Å². The monoisotopic (exact) mass is 519 g/mol. The second-order valence-corrected chi connectivity index (χ2v) is 9.95. The van der Waals surface area contributed by atoms with Crippen LogP contribution in [0.1, 0.15) is 11.3 Å². The van der Waals surface area contributed by atoms with Gasteiger partial charge in [-0.1, -0.05) is 48.5 Å². The van der Waals surface area contributed by atoms with E-state index in [-0.39, 0.29) is 16.3 Å². The molecule has 0 atom stereocenters. The first-order valence-corrected chi connectivity index (χ1v) is 12.7. The predicted octanol–water partition coefficient (Wildman–Crippen LogP) is 2.54. The highest BCUT2D eigenvalue weighted by molar-refractivity contribution is 7.92. The normalized spacial score (nSPS) is 11.5. The molecule has 1 heterocycles. The highest BCUT2D eigenvalue weighted by Gasteiger charge is 2.33. The molecule has 4 rings (SSSR count). The van der Waals surface area contributed by atoms with Gasteiger partial charge in [0.2, 0.25) is 0 Å². The molecule has 0 fully saturated rings. The summed E-state index contributed by atoms with van der Waals surface area (Å²) in [6.07, 6.45) is 1.24. The molecule has 0 unspecified atom stereocenters. The summed E-state index contributed by atoms with van der Waals surface area (Å²) >= 11 is 0. The number of nitrogens with one attached hydrogen (secondary N) is 1. The average molecular weight is 520 g/mol. The van der Waals surface area contributed by atoms with Gasteiger partial charge in [-0.3, -0.25) is 14.3 Å². The minimum absolute atomic E-state index is 0.0323. The molecule has 11 heteroatoms. The number of rotatable bonds is 8. The third kappa shape index (κ3) is 5.16. The Balaban J connectivity index is 1.75. The van der Waals surface area contributed by atoms with E-state index in [1.165, 1.54) is 33.8 Å². The van der Waals surface area contributed by atoms with Crippen molar-refractivity contribution in [3.63, 3.8) is 0 Å². The SMILES string of the molecule is Cc1c(N(CC(=O)NN=Cc2ccccc2O)S(=O)(=O)c2ccccc2)c(=O)n(-c2ccccc2)n1C. The molecule has 10 nitrogen and oxygen atoms in total. The molecule has 0 aliphatic rings. The Kier molecular flexibility index (Phi) is 7.25. The molecule has 3 aromatic carbocycles. The zero-order valence-corrected chi connectivity index (χ0v) is 21.0. The first kappa shape index (κ1) is 25.5. The summed E-state index contributed by atoms with van der Waals surface area (Å²) in [5.74, 6) is -0.810. The van der Waals surface area contributed by atoms with E-state index >= 15 is 0 Å². The summed E-state index contributed by atoms with van der Waals surface area (Å²) in [5.41, 5.74) is 2.76. The van der Waals surface area contributed by atoms with Crippen molar-refractivity contribution in [2.75, 3.05) is 10.8 Å². The fourth-order valence-corrected chi connectivity index (χ4v) is 5.27. The van der Waals surface area contributed by atoms with E-state index in [1.54, 1.807) is 80.7 Å². The number of aromatic nitrogens is 2. The molecule has 0 saturated carbocycles. The van der Waals surface area contributed by atoms with Crippen molar-refractivity contribution in [1.29, 1.82) is 0 Å². The molecule has 0 radical (unpaired) electrons. The number of hydrogen-bond acceptors (Lipinski definition) is 6. The predicted molar refractivity (Wildman–Crippen MR) is 141 cm³/mol. The van der Waals surface area contributed by atoms with Crippen LogP contribution < -0.4 is 15.3 Å². The van der Waals surface area contributed by atoms with E-state index in [1.807, 2.05) is 0 Å². The molecular weight excluding hydrogens is 494 g/mol. The largest absolute Gasteiger partial charge is 0.507 e. The lowest BCUT2D eigenvalue weighted by atomic mass is 10.2. The maximum absolute atomic E-state index is 13.7. The number of phenolic OH excluding ortho intramolecular Hbond substituents is 1. The van der Waals surface area contributed by atoms with Crippen LogP contribution in [0.2, 0.25) is 0 Å². The van der Waals surface area contributed by atoms with Gasteiger partial charge in [0.15, 0.2) is 0 Å². The fourth-order valence-electron chi connectivity index (χ4n) is 3.78. The second-order valence-electron chi connectivity index (χ2n) is 8.09. The van der Waals surface area contributed by atoms with Gasteiger partial charge in [-0.15, -0.1) is 0 Å². The quantitative estimate of drug-likeness (QED) is 0.273. The van der Waals surface area contributed by atoms with Gasteiger partial charge in [-0.25, -0.2) is 22.8 Å². The van der Waals surface area contributed by atoms with Crippen LogP contribution in [0.25, 0.3) is 5.69 Å². The third-order valence-electron chi connectivity index (χ3n) is 5.72. The maximum Gasteiger partial charge on any atom is 0.296 e. The number of carbonyl (C=O) groups excluding carboxylic acids is 1. The number of sulfonamides is 1. The Morgan fingerprint density at radius 1 is 1.00 bits per heavy atom. The van der Waals surface area contributed by atoms with Crippen LogP contribution in [0, 0.1) is 6.92 Å². The van der Waals surface area contributed by atoms with E-state index < -0.39 is 28.0 Å². The van der Waals surface area contributed by atoms with Crippen molar-refractivity contribution in [3.8, 4) is 11.4 Å². The van der Waals surface area contributed by atoms with Crippen molar-refractivity contribution in [1.82, 2.24) is 14.8 Å². The van der Waals surface area contributed by atoms with E-state index in [0.717, 1.165) is 4.31 Å². The molecule has 0 aliphatic carbocycles. The highest BCUT2D eigenvalue weighted by atomic mass is 32.2. The lowest BCUT2D eigenvalue weighted by Gasteiger charge is -2.22. The van der Waals surface area contributed by atoms with Crippen LogP contribution in [-0.2, 0) is 21.9 Å². The summed E-state index contributed by atoms with van der Waals surface area (Å²) < 4.78 is 31.0. The molecule has 0 saturated heterocycles. The van der Waals surface area contributed by atoms with Crippen molar-refractivity contribution >= 4 is 27.8 Å². The van der Waals surface area contributed by atoms with E-state index in [9.17, 15) is 23.1 Å². The highest BCUT2D eigenvalue weighted by Crippen LogP contribution is 2.25. The summed E-state index contributed by atoms with van der Waals surface area (Å²) in [7, 11) is -2.67. The summed E-state index contributed by atoms with van der Waals surface area (Å²) in [6.45, 7) is 0.905. The molecule has 0 spiro atoms. The number of amides is 1. The Morgan fingerprint density at radius 3 is 2.24 bits per heavy atom. The molecule has 1 aromatic heterocycles. The molecule has 0 aliphatic heterocycles. The summed E-state index contributed by atoms with van der Waals surface area (Å²) in [4.78, 5) is 26.4. The fraction of sp³-hybridized carbons (Fsp3) is 0.115. The summed E-state index contributed by atoms with van der Waals surface area (Å²) in [5, 5.41) is 13.7. The van der Waals surface area contributed by atoms with Gasteiger partial charge in [0, 0.05) is 12.6 Å². The Morgan fingerprint density at radius 2 is 1.59 bits per heavy atom. The number of carbonyl (C=O) groups is 1. The number of para-hydroxylation sites is 2. The smallest absolute Gasteiger partial charge is 0.296 e. The van der Waals surface area contributed by atoms with E-state index in [0.29, 0.717) is 16.9 Å². The molecule has 4 aromatic rings. The van der Waals surface area contributed by atoms with Gasteiger partial charge in [-0.05, 0) is 43.3 Å².